The normalized spacial score (nSPS) is 22.0. The van der Waals surface area contributed by atoms with Crippen molar-refractivity contribution in [2.45, 2.75) is 64.3 Å². The summed E-state index contributed by atoms with van der Waals surface area (Å²) in [6, 6.07) is 0.552. The third-order valence-corrected chi connectivity index (χ3v) is 5.28. The molecule has 0 aromatic heterocycles. The molecule has 1 heterocycles. The van der Waals surface area contributed by atoms with Crippen molar-refractivity contribution in [2.75, 3.05) is 45.8 Å². The first-order chi connectivity index (χ1) is 11.3. The van der Waals surface area contributed by atoms with Gasteiger partial charge >= 0.3 is 0 Å². The van der Waals surface area contributed by atoms with E-state index in [1.807, 2.05) is 0 Å². The van der Waals surface area contributed by atoms with Gasteiger partial charge in [-0.15, -0.1) is 24.0 Å². The summed E-state index contributed by atoms with van der Waals surface area (Å²) in [6.45, 7) is 10.4. The van der Waals surface area contributed by atoms with Gasteiger partial charge in [-0.25, -0.2) is 0 Å². The Bertz CT molecular complexity index is 334. The van der Waals surface area contributed by atoms with Crippen molar-refractivity contribution in [3.8, 4) is 0 Å². The van der Waals surface area contributed by atoms with E-state index in [1.54, 1.807) is 0 Å². The van der Waals surface area contributed by atoms with Crippen LogP contribution in [-0.4, -0.2) is 67.6 Å². The zero-order chi connectivity index (χ0) is 16.3. The highest BCUT2D eigenvalue weighted by molar-refractivity contribution is 14.0. The highest BCUT2D eigenvalue weighted by atomic mass is 127. The van der Waals surface area contributed by atoms with Crippen LogP contribution in [0.15, 0.2) is 4.99 Å². The average Bonchev–Trinajstić information content (AvgIpc) is 2.84. The summed E-state index contributed by atoms with van der Waals surface area (Å²) >= 11 is 0. The fourth-order valence-electron chi connectivity index (χ4n) is 3.65. The molecule has 142 valence electrons. The number of hydrogen-bond acceptors (Lipinski definition) is 3. The second kappa shape index (κ2) is 13.2. The van der Waals surface area contributed by atoms with Crippen molar-refractivity contribution in [2.24, 2.45) is 10.7 Å². The molecule has 0 amide bonds. The van der Waals surface area contributed by atoms with Crippen molar-refractivity contribution < 1.29 is 0 Å². The van der Waals surface area contributed by atoms with Crippen LogP contribution in [0.2, 0.25) is 0 Å². The van der Waals surface area contributed by atoms with E-state index in [1.165, 1.54) is 84.2 Å². The molecule has 0 aromatic rings. The van der Waals surface area contributed by atoms with Gasteiger partial charge in [-0.1, -0.05) is 32.6 Å². The molecule has 0 atom stereocenters. The molecular weight excluding hydrogens is 413 g/mol. The number of guanidine groups is 1. The van der Waals surface area contributed by atoms with E-state index in [0.717, 1.165) is 13.0 Å². The summed E-state index contributed by atoms with van der Waals surface area (Å²) in [5.41, 5.74) is 6.03. The molecule has 2 fully saturated rings. The summed E-state index contributed by atoms with van der Waals surface area (Å²) in [5, 5.41) is 3.42. The highest BCUT2D eigenvalue weighted by Crippen LogP contribution is 2.16. The summed E-state index contributed by atoms with van der Waals surface area (Å²) in [4.78, 5) is 9.63. The van der Waals surface area contributed by atoms with Crippen LogP contribution in [0.25, 0.3) is 0 Å². The molecule has 24 heavy (non-hydrogen) atoms. The standard InChI is InChI=1S/C18H37N5.HI/c1-2-22-13-15-23(16-14-22)12-8-7-11-20-18(19)21-17-9-5-3-4-6-10-17;/h17H,2-16H2,1H3,(H3,19,20,21);1H. The lowest BCUT2D eigenvalue weighted by Gasteiger charge is -2.33. The average molecular weight is 451 g/mol. The molecule has 0 aromatic carbocycles. The molecule has 5 nitrogen and oxygen atoms in total. The van der Waals surface area contributed by atoms with Crippen molar-refractivity contribution in [3.05, 3.63) is 0 Å². The van der Waals surface area contributed by atoms with Gasteiger partial charge in [0.1, 0.15) is 0 Å². The molecule has 1 aliphatic heterocycles. The summed E-state index contributed by atoms with van der Waals surface area (Å²) in [6.07, 6.45) is 10.3. The Labute approximate surface area is 165 Å². The van der Waals surface area contributed by atoms with Gasteiger partial charge in [-0.2, -0.15) is 0 Å². The van der Waals surface area contributed by atoms with Gasteiger partial charge in [0.05, 0.1) is 0 Å². The smallest absolute Gasteiger partial charge is 0.188 e. The number of unbranched alkanes of at least 4 members (excludes halogenated alkanes) is 1. The monoisotopic (exact) mass is 451 g/mol. The molecule has 0 bridgehead atoms. The molecule has 1 aliphatic carbocycles. The molecule has 0 unspecified atom stereocenters. The maximum absolute atomic E-state index is 6.03. The van der Waals surface area contributed by atoms with Crippen molar-refractivity contribution in [1.82, 2.24) is 15.1 Å². The Morgan fingerprint density at radius 3 is 2.25 bits per heavy atom. The van der Waals surface area contributed by atoms with Crippen LogP contribution >= 0.6 is 24.0 Å². The Kier molecular flexibility index (Phi) is 12.0. The number of likely N-dealkylation sites (N-methyl/N-ethyl adjacent to an activating group) is 1. The minimum atomic E-state index is 0. The SMILES string of the molecule is CCN1CCN(CCCCN=C(N)NC2CCCCCC2)CC1.I. The molecule has 0 radical (unpaired) electrons. The minimum absolute atomic E-state index is 0. The van der Waals surface area contributed by atoms with Gasteiger partial charge < -0.3 is 20.9 Å². The lowest BCUT2D eigenvalue weighted by molar-refractivity contribution is 0.136. The van der Waals surface area contributed by atoms with E-state index >= 15 is 0 Å². The number of nitrogens with zero attached hydrogens (tertiary/aromatic N) is 3. The second-order valence-corrected chi connectivity index (χ2v) is 7.08. The molecule has 3 N–H and O–H groups in total. The number of rotatable bonds is 7. The maximum atomic E-state index is 6.03. The third kappa shape index (κ3) is 8.85. The number of halogens is 1. The maximum Gasteiger partial charge on any atom is 0.188 e. The van der Waals surface area contributed by atoms with E-state index in [0.29, 0.717) is 12.0 Å². The molecule has 0 spiro atoms. The Morgan fingerprint density at radius 2 is 1.62 bits per heavy atom. The molecule has 1 saturated carbocycles. The van der Waals surface area contributed by atoms with Crippen LogP contribution in [0.4, 0.5) is 0 Å². The predicted octanol–water partition coefficient (Wildman–Crippen LogP) is 2.65. The number of aliphatic imine (C=N–C) groups is 1. The molecular formula is C18H38IN5. The van der Waals surface area contributed by atoms with Crippen molar-refractivity contribution in [3.63, 3.8) is 0 Å². The summed E-state index contributed by atoms with van der Waals surface area (Å²) < 4.78 is 0. The minimum Gasteiger partial charge on any atom is -0.370 e. The highest BCUT2D eigenvalue weighted by Gasteiger charge is 2.14. The van der Waals surface area contributed by atoms with E-state index in [4.69, 9.17) is 5.73 Å². The van der Waals surface area contributed by atoms with E-state index in [2.05, 4.69) is 27.0 Å². The van der Waals surface area contributed by atoms with Crippen LogP contribution in [0.5, 0.6) is 0 Å². The lowest BCUT2D eigenvalue weighted by Crippen LogP contribution is -2.46. The number of piperazine rings is 1. The van der Waals surface area contributed by atoms with Crippen LogP contribution in [-0.2, 0) is 0 Å². The number of hydrogen-bond donors (Lipinski definition) is 2. The Hall–Kier alpha value is -0.0800. The van der Waals surface area contributed by atoms with E-state index in [-0.39, 0.29) is 24.0 Å². The third-order valence-electron chi connectivity index (χ3n) is 5.28. The predicted molar refractivity (Wildman–Crippen MR) is 114 cm³/mol. The van der Waals surface area contributed by atoms with Gasteiger partial charge in [0.25, 0.3) is 0 Å². The van der Waals surface area contributed by atoms with Crippen LogP contribution < -0.4 is 11.1 Å². The molecule has 1 saturated heterocycles. The zero-order valence-electron chi connectivity index (χ0n) is 15.5. The van der Waals surface area contributed by atoms with Crippen LogP contribution in [0, 0.1) is 0 Å². The molecule has 6 heteroatoms. The van der Waals surface area contributed by atoms with Gasteiger partial charge in [0, 0.05) is 38.8 Å². The van der Waals surface area contributed by atoms with Gasteiger partial charge in [-0.3, -0.25) is 4.99 Å². The Balaban J connectivity index is 0.00000288. The Morgan fingerprint density at radius 1 is 1.00 bits per heavy atom. The van der Waals surface area contributed by atoms with Crippen molar-refractivity contribution >= 4 is 29.9 Å². The largest absolute Gasteiger partial charge is 0.370 e. The quantitative estimate of drug-likeness (QED) is 0.206. The van der Waals surface area contributed by atoms with Gasteiger partial charge in [0.2, 0.25) is 0 Å². The zero-order valence-corrected chi connectivity index (χ0v) is 17.8. The van der Waals surface area contributed by atoms with E-state index < -0.39 is 0 Å². The topological polar surface area (TPSA) is 56.9 Å². The van der Waals surface area contributed by atoms with Gasteiger partial charge in [-0.05, 0) is 38.8 Å². The molecule has 2 rings (SSSR count). The number of nitrogens with two attached hydrogens (primary N) is 1. The fraction of sp³-hybridized carbons (Fsp3) is 0.944. The summed E-state index contributed by atoms with van der Waals surface area (Å²) in [7, 11) is 0. The van der Waals surface area contributed by atoms with Crippen LogP contribution in [0.1, 0.15) is 58.3 Å². The lowest BCUT2D eigenvalue weighted by atomic mass is 10.1. The first-order valence-corrected chi connectivity index (χ1v) is 9.79. The van der Waals surface area contributed by atoms with Crippen LogP contribution in [0.3, 0.4) is 0 Å². The van der Waals surface area contributed by atoms with Crippen molar-refractivity contribution in [1.29, 1.82) is 0 Å². The number of nitrogens with one attached hydrogen (secondary N) is 1. The van der Waals surface area contributed by atoms with E-state index in [9.17, 15) is 0 Å². The first-order valence-electron chi connectivity index (χ1n) is 9.79. The molecule has 2 aliphatic rings. The first kappa shape index (κ1) is 22.0. The van der Waals surface area contributed by atoms with Gasteiger partial charge in [0.15, 0.2) is 5.96 Å². The fourth-order valence-corrected chi connectivity index (χ4v) is 3.65. The second-order valence-electron chi connectivity index (χ2n) is 7.08. The summed E-state index contributed by atoms with van der Waals surface area (Å²) in [5.74, 6) is 0.661.